The van der Waals surface area contributed by atoms with Crippen LogP contribution in [0.5, 0.6) is 0 Å². The second kappa shape index (κ2) is 4.21. The van der Waals surface area contributed by atoms with E-state index in [2.05, 4.69) is 11.3 Å². The highest BCUT2D eigenvalue weighted by Crippen LogP contribution is 2.30. The first-order valence-corrected chi connectivity index (χ1v) is 4.57. The molecule has 0 radical (unpaired) electrons. The van der Waals surface area contributed by atoms with Crippen molar-refractivity contribution < 1.29 is 14.3 Å². The number of ether oxygens (including phenoxy) is 1. The van der Waals surface area contributed by atoms with Gasteiger partial charge in [-0.05, 0) is 12.8 Å². The summed E-state index contributed by atoms with van der Waals surface area (Å²) in [4.78, 5) is 22.4. The van der Waals surface area contributed by atoms with Crippen molar-refractivity contribution in [2.24, 2.45) is 11.8 Å². The Morgan fingerprint density at radius 3 is 2.54 bits per heavy atom. The molecule has 0 aromatic rings. The summed E-state index contributed by atoms with van der Waals surface area (Å²) >= 11 is 0. The quantitative estimate of drug-likeness (QED) is 0.377. The third kappa shape index (κ3) is 1.97. The van der Waals surface area contributed by atoms with Gasteiger partial charge in [-0.25, -0.2) is 0 Å². The predicted molar refractivity (Wildman–Crippen MR) is 47.8 cm³/mol. The zero-order chi connectivity index (χ0) is 9.84. The van der Waals surface area contributed by atoms with E-state index in [4.69, 9.17) is 0 Å². The normalized spacial score (nSPS) is 27.5. The van der Waals surface area contributed by atoms with Gasteiger partial charge in [0.15, 0.2) is 0 Å². The van der Waals surface area contributed by atoms with E-state index in [-0.39, 0.29) is 23.8 Å². The van der Waals surface area contributed by atoms with Crippen LogP contribution >= 0.6 is 0 Å². The lowest BCUT2D eigenvalue weighted by Gasteiger charge is -2.09. The standard InChI is InChI=1S/C10H14O3/c1-3-5-7-8(6-4-2)10(12)13-9(7)11/h3,7-8H,1,4-6H2,2H3. The highest BCUT2D eigenvalue weighted by molar-refractivity contribution is 5.96. The van der Waals surface area contributed by atoms with Crippen molar-refractivity contribution in [3.8, 4) is 0 Å². The van der Waals surface area contributed by atoms with E-state index in [0.29, 0.717) is 6.42 Å². The average molecular weight is 182 g/mol. The summed E-state index contributed by atoms with van der Waals surface area (Å²) in [6.45, 7) is 5.55. The predicted octanol–water partition coefficient (Wildman–Crippen LogP) is 1.68. The lowest BCUT2D eigenvalue weighted by atomic mass is 9.88. The van der Waals surface area contributed by atoms with Gasteiger partial charge in [0.2, 0.25) is 0 Å². The molecule has 1 aliphatic rings. The van der Waals surface area contributed by atoms with Crippen molar-refractivity contribution in [1.82, 2.24) is 0 Å². The highest BCUT2D eigenvalue weighted by atomic mass is 16.6. The molecule has 3 heteroatoms. The van der Waals surface area contributed by atoms with Crippen molar-refractivity contribution in [2.45, 2.75) is 26.2 Å². The number of carbonyl (C=O) groups excluding carboxylic acids is 2. The second-order valence-electron chi connectivity index (χ2n) is 3.27. The van der Waals surface area contributed by atoms with Crippen LogP contribution in [0.3, 0.4) is 0 Å². The molecule has 1 rings (SSSR count). The van der Waals surface area contributed by atoms with E-state index in [0.717, 1.165) is 12.8 Å². The molecule has 0 N–H and O–H groups in total. The highest BCUT2D eigenvalue weighted by Gasteiger charge is 2.42. The molecule has 0 amide bonds. The van der Waals surface area contributed by atoms with Crippen LogP contribution in [-0.2, 0) is 14.3 Å². The summed E-state index contributed by atoms with van der Waals surface area (Å²) in [6.07, 6.45) is 3.81. The lowest BCUT2D eigenvalue weighted by molar-refractivity contribution is -0.153. The first-order valence-electron chi connectivity index (χ1n) is 4.57. The monoisotopic (exact) mass is 182 g/mol. The van der Waals surface area contributed by atoms with Gasteiger partial charge in [0, 0.05) is 0 Å². The number of carbonyl (C=O) groups is 2. The summed E-state index contributed by atoms with van der Waals surface area (Å²) in [5.41, 5.74) is 0. The van der Waals surface area contributed by atoms with Crippen LogP contribution in [0.25, 0.3) is 0 Å². The Kier molecular flexibility index (Phi) is 3.23. The number of hydrogen-bond acceptors (Lipinski definition) is 3. The molecule has 0 bridgehead atoms. The first-order chi connectivity index (χ1) is 6.20. The second-order valence-corrected chi connectivity index (χ2v) is 3.27. The fourth-order valence-electron chi connectivity index (χ4n) is 1.65. The van der Waals surface area contributed by atoms with Crippen LogP contribution < -0.4 is 0 Å². The number of cyclic esters (lactones) is 2. The van der Waals surface area contributed by atoms with E-state index in [9.17, 15) is 9.59 Å². The number of rotatable bonds is 4. The Balaban J connectivity index is 2.70. The first kappa shape index (κ1) is 9.96. The number of esters is 2. The molecule has 72 valence electrons. The molecule has 1 aliphatic heterocycles. The van der Waals surface area contributed by atoms with E-state index in [1.165, 1.54) is 0 Å². The summed E-state index contributed by atoms with van der Waals surface area (Å²) in [6, 6.07) is 0. The van der Waals surface area contributed by atoms with E-state index < -0.39 is 0 Å². The zero-order valence-corrected chi connectivity index (χ0v) is 7.79. The van der Waals surface area contributed by atoms with Gasteiger partial charge in [-0.3, -0.25) is 9.59 Å². The van der Waals surface area contributed by atoms with Crippen molar-refractivity contribution in [2.75, 3.05) is 0 Å². The van der Waals surface area contributed by atoms with Crippen LogP contribution in [0.1, 0.15) is 26.2 Å². The molecule has 2 atom stereocenters. The molecule has 0 saturated carbocycles. The lowest BCUT2D eigenvalue weighted by Crippen LogP contribution is -2.16. The Morgan fingerprint density at radius 2 is 2.00 bits per heavy atom. The average Bonchev–Trinajstić information content (AvgIpc) is 2.33. The molecular formula is C10H14O3. The molecule has 13 heavy (non-hydrogen) atoms. The minimum absolute atomic E-state index is 0.240. The fourth-order valence-corrected chi connectivity index (χ4v) is 1.65. The maximum Gasteiger partial charge on any atom is 0.317 e. The smallest absolute Gasteiger partial charge is 0.317 e. The topological polar surface area (TPSA) is 43.4 Å². The van der Waals surface area contributed by atoms with Crippen molar-refractivity contribution in [3.05, 3.63) is 12.7 Å². The molecule has 2 unspecified atom stereocenters. The summed E-state index contributed by atoms with van der Waals surface area (Å²) < 4.78 is 4.57. The maximum absolute atomic E-state index is 11.2. The molecule has 1 saturated heterocycles. The van der Waals surface area contributed by atoms with Crippen LogP contribution in [0.2, 0.25) is 0 Å². The largest absolute Gasteiger partial charge is 0.393 e. The van der Waals surface area contributed by atoms with Gasteiger partial charge in [0.1, 0.15) is 0 Å². The van der Waals surface area contributed by atoms with E-state index in [1.54, 1.807) is 6.08 Å². The Labute approximate surface area is 77.8 Å². The van der Waals surface area contributed by atoms with Gasteiger partial charge >= 0.3 is 11.9 Å². The van der Waals surface area contributed by atoms with Crippen LogP contribution in [0.4, 0.5) is 0 Å². The van der Waals surface area contributed by atoms with E-state index in [1.807, 2.05) is 6.92 Å². The molecule has 0 aromatic heterocycles. The van der Waals surface area contributed by atoms with Gasteiger partial charge in [0.05, 0.1) is 11.8 Å². The number of hydrogen-bond donors (Lipinski definition) is 0. The molecule has 0 aromatic carbocycles. The third-order valence-electron chi connectivity index (χ3n) is 2.31. The van der Waals surface area contributed by atoms with Crippen LogP contribution in [0.15, 0.2) is 12.7 Å². The fraction of sp³-hybridized carbons (Fsp3) is 0.600. The maximum atomic E-state index is 11.2. The molecule has 0 aliphatic carbocycles. The molecular weight excluding hydrogens is 168 g/mol. The SMILES string of the molecule is C=CCC1C(=O)OC(=O)C1CCC. The molecule has 1 fully saturated rings. The summed E-state index contributed by atoms with van der Waals surface area (Å²) in [5.74, 6) is -1.28. The van der Waals surface area contributed by atoms with Crippen LogP contribution in [-0.4, -0.2) is 11.9 Å². The Hall–Kier alpha value is -1.12. The van der Waals surface area contributed by atoms with Crippen molar-refractivity contribution in [1.29, 1.82) is 0 Å². The van der Waals surface area contributed by atoms with Gasteiger partial charge in [-0.1, -0.05) is 19.4 Å². The van der Waals surface area contributed by atoms with Crippen molar-refractivity contribution >= 4 is 11.9 Å². The molecule has 0 spiro atoms. The zero-order valence-electron chi connectivity index (χ0n) is 7.79. The van der Waals surface area contributed by atoms with Gasteiger partial charge in [-0.2, -0.15) is 0 Å². The number of allylic oxidation sites excluding steroid dienone is 1. The van der Waals surface area contributed by atoms with Gasteiger partial charge in [0.25, 0.3) is 0 Å². The minimum atomic E-state index is -0.386. The van der Waals surface area contributed by atoms with Gasteiger partial charge in [-0.15, -0.1) is 6.58 Å². The molecule has 1 heterocycles. The van der Waals surface area contributed by atoms with Crippen LogP contribution in [0, 0.1) is 11.8 Å². The third-order valence-corrected chi connectivity index (χ3v) is 2.31. The summed E-state index contributed by atoms with van der Waals surface area (Å²) in [5, 5.41) is 0. The Morgan fingerprint density at radius 1 is 1.38 bits per heavy atom. The molecule has 3 nitrogen and oxygen atoms in total. The minimum Gasteiger partial charge on any atom is -0.393 e. The summed E-state index contributed by atoms with van der Waals surface area (Å²) in [7, 11) is 0. The van der Waals surface area contributed by atoms with Gasteiger partial charge < -0.3 is 4.74 Å². The Bertz CT molecular complexity index is 232. The van der Waals surface area contributed by atoms with Crippen molar-refractivity contribution in [3.63, 3.8) is 0 Å². The van der Waals surface area contributed by atoms with E-state index >= 15 is 0 Å².